The lowest BCUT2D eigenvalue weighted by Crippen LogP contribution is -2.10. The molecule has 0 rings (SSSR count). The summed E-state index contributed by atoms with van der Waals surface area (Å²) in [5.41, 5.74) is 5.10. The Kier molecular flexibility index (Phi) is 5.23. The summed E-state index contributed by atoms with van der Waals surface area (Å²) < 4.78 is 9.50. The highest BCUT2D eigenvalue weighted by molar-refractivity contribution is 5.02. The van der Waals surface area contributed by atoms with Crippen molar-refractivity contribution in [1.82, 2.24) is 0 Å². The number of ether oxygens (including phenoxy) is 2. The first-order chi connectivity index (χ1) is 4.35. The van der Waals surface area contributed by atoms with Crippen molar-refractivity contribution in [3.8, 4) is 11.8 Å². The summed E-state index contributed by atoms with van der Waals surface area (Å²) in [5.74, 6) is 5.28. The molecule has 0 amide bonds. The maximum absolute atomic E-state index is 5.10. The second-order valence-corrected chi connectivity index (χ2v) is 1.33. The van der Waals surface area contributed by atoms with Crippen molar-refractivity contribution in [3.63, 3.8) is 0 Å². The third-order valence-electron chi connectivity index (χ3n) is 0.750. The Morgan fingerprint density at radius 1 is 1.44 bits per heavy atom. The fourth-order valence-corrected chi connectivity index (χ4v) is 0.356. The van der Waals surface area contributed by atoms with Crippen molar-refractivity contribution in [3.05, 3.63) is 0 Å². The lowest BCUT2D eigenvalue weighted by atomic mass is 10.5. The van der Waals surface area contributed by atoms with Gasteiger partial charge in [-0.05, 0) is 5.92 Å². The first-order valence-corrected chi connectivity index (χ1v) is 2.59. The smallest absolute Gasteiger partial charge is 0.221 e. The predicted molar refractivity (Wildman–Crippen MR) is 34.6 cm³/mol. The Labute approximate surface area is 55.1 Å². The van der Waals surface area contributed by atoms with Gasteiger partial charge in [0.25, 0.3) is 0 Å². The summed E-state index contributed by atoms with van der Waals surface area (Å²) in [5, 5.41) is 0. The van der Waals surface area contributed by atoms with E-state index in [2.05, 4.69) is 11.8 Å². The fraction of sp³-hybridized carbons (Fsp3) is 0.667. The molecule has 0 aliphatic rings. The molecular weight excluding hydrogens is 118 g/mol. The Balaban J connectivity index is 3.54. The largest absolute Gasteiger partial charge is 0.345 e. The van der Waals surface area contributed by atoms with Gasteiger partial charge in [0.1, 0.15) is 0 Å². The van der Waals surface area contributed by atoms with Crippen LogP contribution in [-0.2, 0) is 9.47 Å². The molecule has 0 saturated carbocycles. The minimum absolute atomic E-state index is 0.337. The third-order valence-corrected chi connectivity index (χ3v) is 0.750. The summed E-state index contributed by atoms with van der Waals surface area (Å²) >= 11 is 0. The standard InChI is InChI=1S/C6H11NO2/c1-8-6(9-2)4-3-5-7/h6H,5,7H2,1-2H3. The minimum Gasteiger partial charge on any atom is -0.345 e. The van der Waals surface area contributed by atoms with Crippen LogP contribution in [0.15, 0.2) is 0 Å². The molecule has 9 heavy (non-hydrogen) atoms. The van der Waals surface area contributed by atoms with Gasteiger partial charge in [0.2, 0.25) is 6.29 Å². The van der Waals surface area contributed by atoms with Gasteiger partial charge in [-0.25, -0.2) is 0 Å². The molecule has 0 spiro atoms. The zero-order valence-electron chi connectivity index (χ0n) is 5.68. The summed E-state index contributed by atoms with van der Waals surface area (Å²) in [7, 11) is 3.05. The van der Waals surface area contributed by atoms with Crippen molar-refractivity contribution in [2.75, 3.05) is 20.8 Å². The van der Waals surface area contributed by atoms with E-state index >= 15 is 0 Å². The average Bonchev–Trinajstić information content (AvgIpc) is 1.91. The summed E-state index contributed by atoms with van der Waals surface area (Å²) in [6.45, 7) is 0.337. The molecule has 0 aliphatic heterocycles. The molecule has 0 bridgehead atoms. The van der Waals surface area contributed by atoms with E-state index in [1.54, 1.807) is 0 Å². The van der Waals surface area contributed by atoms with Gasteiger partial charge >= 0.3 is 0 Å². The van der Waals surface area contributed by atoms with Gasteiger partial charge in [0, 0.05) is 14.2 Å². The predicted octanol–water partition coefficient (Wildman–Crippen LogP) is -0.433. The Morgan fingerprint density at radius 2 is 2.00 bits per heavy atom. The van der Waals surface area contributed by atoms with Crippen molar-refractivity contribution in [2.24, 2.45) is 5.73 Å². The van der Waals surface area contributed by atoms with Gasteiger partial charge < -0.3 is 15.2 Å². The topological polar surface area (TPSA) is 44.5 Å². The fourth-order valence-electron chi connectivity index (χ4n) is 0.356. The van der Waals surface area contributed by atoms with Crippen LogP contribution < -0.4 is 5.73 Å². The van der Waals surface area contributed by atoms with Crippen LogP contribution in [0.4, 0.5) is 0 Å². The highest BCUT2D eigenvalue weighted by Crippen LogP contribution is 1.84. The van der Waals surface area contributed by atoms with Crippen LogP contribution in [0.1, 0.15) is 0 Å². The molecule has 0 aromatic heterocycles. The molecule has 0 heterocycles. The van der Waals surface area contributed by atoms with E-state index in [0.717, 1.165) is 0 Å². The van der Waals surface area contributed by atoms with Crippen molar-refractivity contribution in [2.45, 2.75) is 6.29 Å². The van der Waals surface area contributed by atoms with Gasteiger partial charge in [-0.15, -0.1) is 0 Å². The lowest BCUT2D eigenvalue weighted by molar-refractivity contribution is -0.0595. The molecule has 3 heteroatoms. The van der Waals surface area contributed by atoms with E-state index in [1.165, 1.54) is 14.2 Å². The van der Waals surface area contributed by atoms with Crippen molar-refractivity contribution >= 4 is 0 Å². The number of nitrogens with two attached hydrogens (primary N) is 1. The molecule has 0 unspecified atom stereocenters. The molecule has 2 N–H and O–H groups in total. The maximum atomic E-state index is 5.10. The van der Waals surface area contributed by atoms with Crippen LogP contribution in [0.2, 0.25) is 0 Å². The highest BCUT2D eigenvalue weighted by atomic mass is 16.7. The van der Waals surface area contributed by atoms with Gasteiger partial charge in [-0.2, -0.15) is 0 Å². The molecule has 0 radical (unpaired) electrons. The summed E-state index contributed by atoms with van der Waals surface area (Å²) in [4.78, 5) is 0. The Hall–Kier alpha value is -0.560. The zero-order chi connectivity index (χ0) is 7.11. The first-order valence-electron chi connectivity index (χ1n) is 2.59. The normalized spacial score (nSPS) is 8.89. The maximum Gasteiger partial charge on any atom is 0.221 e. The van der Waals surface area contributed by atoms with Crippen LogP contribution in [0, 0.1) is 11.8 Å². The van der Waals surface area contributed by atoms with Crippen LogP contribution >= 0.6 is 0 Å². The molecule has 0 aliphatic carbocycles. The number of hydrogen-bond acceptors (Lipinski definition) is 3. The Morgan fingerprint density at radius 3 is 2.33 bits per heavy atom. The Bertz CT molecular complexity index is 110. The van der Waals surface area contributed by atoms with Crippen LogP contribution in [0.5, 0.6) is 0 Å². The summed E-state index contributed by atoms with van der Waals surface area (Å²) in [6, 6.07) is 0. The molecule has 3 nitrogen and oxygen atoms in total. The van der Waals surface area contributed by atoms with Gasteiger partial charge in [-0.1, -0.05) is 5.92 Å². The van der Waals surface area contributed by atoms with Crippen LogP contribution in [0.25, 0.3) is 0 Å². The number of methoxy groups -OCH3 is 2. The van der Waals surface area contributed by atoms with Crippen molar-refractivity contribution in [1.29, 1.82) is 0 Å². The van der Waals surface area contributed by atoms with Gasteiger partial charge in [0.05, 0.1) is 6.54 Å². The second kappa shape index (κ2) is 5.57. The monoisotopic (exact) mass is 129 g/mol. The SMILES string of the molecule is COC(C#CCN)OC. The van der Waals surface area contributed by atoms with Gasteiger partial charge in [0.15, 0.2) is 0 Å². The van der Waals surface area contributed by atoms with Crippen molar-refractivity contribution < 1.29 is 9.47 Å². The zero-order valence-corrected chi connectivity index (χ0v) is 5.68. The third kappa shape index (κ3) is 3.98. The van der Waals surface area contributed by atoms with E-state index in [9.17, 15) is 0 Å². The average molecular weight is 129 g/mol. The number of rotatable bonds is 2. The minimum atomic E-state index is -0.437. The van der Waals surface area contributed by atoms with Crippen LogP contribution in [-0.4, -0.2) is 27.1 Å². The molecule has 0 saturated heterocycles. The first kappa shape index (κ1) is 8.44. The van der Waals surface area contributed by atoms with E-state index in [1.807, 2.05) is 0 Å². The lowest BCUT2D eigenvalue weighted by Gasteiger charge is -2.03. The van der Waals surface area contributed by atoms with Crippen LogP contribution in [0.3, 0.4) is 0 Å². The van der Waals surface area contributed by atoms with E-state index in [-0.39, 0.29) is 0 Å². The van der Waals surface area contributed by atoms with E-state index in [4.69, 9.17) is 15.2 Å². The van der Waals surface area contributed by atoms with E-state index < -0.39 is 6.29 Å². The van der Waals surface area contributed by atoms with E-state index in [0.29, 0.717) is 6.54 Å². The molecule has 52 valence electrons. The quantitative estimate of drug-likeness (QED) is 0.406. The summed E-state index contributed by atoms with van der Waals surface area (Å²) in [6.07, 6.45) is -0.437. The molecule has 0 aromatic carbocycles. The second-order valence-electron chi connectivity index (χ2n) is 1.33. The molecule has 0 fully saturated rings. The van der Waals surface area contributed by atoms with Gasteiger partial charge in [-0.3, -0.25) is 0 Å². The number of hydrogen-bond donors (Lipinski definition) is 1. The highest BCUT2D eigenvalue weighted by Gasteiger charge is 1.94. The molecule has 0 atom stereocenters. The molecular formula is C6H11NO2. The molecule has 0 aromatic rings.